The topological polar surface area (TPSA) is 60.7 Å². The van der Waals surface area contributed by atoms with Gasteiger partial charge >= 0.3 is 5.97 Å². The molecule has 128 valence electrons. The minimum Gasteiger partial charge on any atom is -0.468 e. The Kier molecular flexibility index (Phi) is 5.36. The highest BCUT2D eigenvalue weighted by molar-refractivity contribution is 9.10. The number of esters is 1. The number of fused-ring (bicyclic) bond motifs is 1. The van der Waals surface area contributed by atoms with Gasteiger partial charge in [-0.1, -0.05) is 51.0 Å². The highest BCUT2D eigenvalue weighted by Crippen LogP contribution is 2.23. The van der Waals surface area contributed by atoms with E-state index >= 15 is 0 Å². The largest absolute Gasteiger partial charge is 0.468 e. The van der Waals surface area contributed by atoms with Crippen molar-refractivity contribution in [3.05, 3.63) is 62.3 Å². The molecule has 1 aromatic heterocycles. The molecule has 0 unspecified atom stereocenters. The average molecular weight is 440 g/mol. The third kappa shape index (κ3) is 3.84. The van der Waals surface area contributed by atoms with E-state index in [1.807, 2.05) is 18.2 Å². The molecule has 1 amide bonds. The van der Waals surface area contributed by atoms with Crippen molar-refractivity contribution in [2.75, 3.05) is 7.11 Å². The number of thiazole rings is 1. The average Bonchev–Trinajstić information content (AvgIpc) is 2.91. The summed E-state index contributed by atoms with van der Waals surface area (Å²) in [6.45, 7) is -0.0350. The number of carbonyl (C=O) groups is 2. The van der Waals surface area contributed by atoms with E-state index < -0.39 is 11.9 Å². The zero-order chi connectivity index (χ0) is 18.0. The molecule has 0 radical (unpaired) electrons. The van der Waals surface area contributed by atoms with E-state index in [4.69, 9.17) is 16.3 Å². The molecule has 0 aliphatic rings. The number of nitrogens with zero attached hydrogens (tertiary/aromatic N) is 2. The maximum atomic E-state index is 12.5. The molecule has 3 rings (SSSR count). The summed E-state index contributed by atoms with van der Waals surface area (Å²) in [5, 5.41) is 0.333. The van der Waals surface area contributed by atoms with Gasteiger partial charge in [0.25, 0.3) is 5.91 Å². The molecule has 0 spiro atoms. The van der Waals surface area contributed by atoms with Crippen LogP contribution in [-0.4, -0.2) is 23.6 Å². The predicted octanol–water partition coefficient (Wildman–Crippen LogP) is 4.03. The summed E-state index contributed by atoms with van der Waals surface area (Å²) >= 11 is 10.8. The first-order valence-electron chi connectivity index (χ1n) is 7.19. The minimum absolute atomic E-state index is 0.0350. The van der Waals surface area contributed by atoms with Crippen molar-refractivity contribution in [1.29, 1.82) is 0 Å². The summed E-state index contributed by atoms with van der Waals surface area (Å²) in [6, 6.07) is 12.3. The molecule has 0 atom stereocenters. The quantitative estimate of drug-likeness (QED) is 0.579. The first-order chi connectivity index (χ1) is 12.0. The summed E-state index contributed by atoms with van der Waals surface area (Å²) < 4.78 is 8.20. The monoisotopic (exact) mass is 438 g/mol. The lowest BCUT2D eigenvalue weighted by Crippen LogP contribution is -2.22. The standard InChI is InChI=1S/C17H12BrClN2O3S/c1-24-15(22)9-21-13-7-6-10(18)8-14(13)25-17(21)20-16(23)11-4-2-3-5-12(11)19/h2-8H,9H2,1H3. The fourth-order valence-corrected chi connectivity index (χ4v) is 4.06. The van der Waals surface area contributed by atoms with Gasteiger partial charge in [-0.25, -0.2) is 0 Å². The van der Waals surface area contributed by atoms with Crippen LogP contribution in [0.25, 0.3) is 10.2 Å². The number of amides is 1. The van der Waals surface area contributed by atoms with Gasteiger partial charge in [-0.3, -0.25) is 9.59 Å². The lowest BCUT2D eigenvalue weighted by molar-refractivity contribution is -0.141. The van der Waals surface area contributed by atoms with Crippen LogP contribution in [0.1, 0.15) is 10.4 Å². The van der Waals surface area contributed by atoms with Crippen molar-refractivity contribution in [3.8, 4) is 0 Å². The molecule has 0 aliphatic carbocycles. The molecule has 0 bridgehead atoms. The van der Waals surface area contributed by atoms with E-state index in [2.05, 4.69) is 20.9 Å². The number of hydrogen-bond acceptors (Lipinski definition) is 4. The molecule has 0 saturated heterocycles. The van der Waals surface area contributed by atoms with Gasteiger partial charge in [0.2, 0.25) is 0 Å². The van der Waals surface area contributed by atoms with Gasteiger partial charge in [0.15, 0.2) is 4.80 Å². The maximum Gasteiger partial charge on any atom is 0.325 e. The van der Waals surface area contributed by atoms with Crippen LogP contribution in [0.3, 0.4) is 0 Å². The zero-order valence-electron chi connectivity index (χ0n) is 13.0. The summed E-state index contributed by atoms with van der Waals surface area (Å²) in [5.41, 5.74) is 1.11. The van der Waals surface area contributed by atoms with Crippen molar-refractivity contribution in [3.63, 3.8) is 0 Å². The highest BCUT2D eigenvalue weighted by atomic mass is 79.9. The molecular weight excluding hydrogens is 428 g/mol. The van der Waals surface area contributed by atoms with Gasteiger partial charge in [-0.2, -0.15) is 4.99 Å². The number of rotatable bonds is 3. The minimum atomic E-state index is -0.463. The van der Waals surface area contributed by atoms with Gasteiger partial charge in [-0.15, -0.1) is 0 Å². The van der Waals surface area contributed by atoms with Crippen LogP contribution in [0.4, 0.5) is 0 Å². The van der Waals surface area contributed by atoms with Gasteiger partial charge in [-0.05, 0) is 30.3 Å². The molecule has 0 aliphatic heterocycles. The number of halogens is 2. The molecule has 0 saturated carbocycles. The summed E-state index contributed by atoms with van der Waals surface area (Å²) in [6.07, 6.45) is 0. The number of hydrogen-bond donors (Lipinski definition) is 0. The van der Waals surface area contributed by atoms with Crippen LogP contribution in [0, 0.1) is 0 Å². The lowest BCUT2D eigenvalue weighted by Gasteiger charge is -2.04. The number of aromatic nitrogens is 1. The van der Waals surface area contributed by atoms with Gasteiger partial charge in [0, 0.05) is 4.47 Å². The third-order valence-corrected chi connectivity index (χ3v) is 5.33. The van der Waals surface area contributed by atoms with E-state index in [-0.39, 0.29) is 6.54 Å². The predicted molar refractivity (Wildman–Crippen MR) is 101 cm³/mol. The summed E-state index contributed by atoms with van der Waals surface area (Å²) in [7, 11) is 1.32. The highest BCUT2D eigenvalue weighted by Gasteiger charge is 2.14. The molecule has 25 heavy (non-hydrogen) atoms. The Morgan fingerprint density at radius 2 is 2.04 bits per heavy atom. The molecule has 5 nitrogen and oxygen atoms in total. The molecule has 1 heterocycles. The van der Waals surface area contributed by atoms with E-state index in [9.17, 15) is 9.59 Å². The van der Waals surface area contributed by atoms with Gasteiger partial charge in [0.05, 0.1) is 27.9 Å². The first kappa shape index (κ1) is 17.8. The van der Waals surface area contributed by atoms with Gasteiger partial charge in [0.1, 0.15) is 6.54 Å². The second-order valence-corrected chi connectivity index (χ2v) is 7.39. The van der Waals surface area contributed by atoms with Crippen molar-refractivity contribution >= 4 is 61.0 Å². The maximum absolute atomic E-state index is 12.5. The molecule has 3 aromatic rings. The van der Waals surface area contributed by atoms with Crippen molar-refractivity contribution in [1.82, 2.24) is 4.57 Å². The number of carbonyl (C=O) groups excluding carboxylic acids is 2. The lowest BCUT2D eigenvalue weighted by atomic mass is 10.2. The van der Waals surface area contributed by atoms with Crippen LogP contribution < -0.4 is 4.80 Å². The third-order valence-electron chi connectivity index (χ3n) is 3.46. The van der Waals surface area contributed by atoms with Crippen molar-refractivity contribution < 1.29 is 14.3 Å². The van der Waals surface area contributed by atoms with Crippen molar-refractivity contribution in [2.24, 2.45) is 4.99 Å². The molecular formula is C17H12BrClN2O3S. The second-order valence-electron chi connectivity index (χ2n) is 5.06. The van der Waals surface area contributed by atoms with E-state index in [0.717, 1.165) is 14.7 Å². The van der Waals surface area contributed by atoms with Crippen LogP contribution in [0.2, 0.25) is 5.02 Å². The molecule has 0 fully saturated rings. The molecule has 2 aromatic carbocycles. The normalized spacial score (nSPS) is 11.7. The van der Waals surface area contributed by atoms with Crippen LogP contribution in [-0.2, 0) is 16.1 Å². The number of benzene rings is 2. The Hall–Kier alpha value is -1.96. The number of methoxy groups -OCH3 is 1. The summed E-state index contributed by atoms with van der Waals surface area (Å²) in [5.74, 6) is -0.885. The Morgan fingerprint density at radius 3 is 2.76 bits per heavy atom. The Balaban J connectivity index is 2.17. The fourth-order valence-electron chi connectivity index (χ4n) is 2.26. The smallest absolute Gasteiger partial charge is 0.325 e. The van der Waals surface area contributed by atoms with Crippen LogP contribution in [0.15, 0.2) is 51.9 Å². The van der Waals surface area contributed by atoms with E-state index in [0.29, 0.717) is 15.4 Å². The van der Waals surface area contributed by atoms with E-state index in [1.54, 1.807) is 28.8 Å². The van der Waals surface area contributed by atoms with E-state index in [1.165, 1.54) is 18.4 Å². The fraction of sp³-hybridized carbons (Fsp3) is 0.118. The second kappa shape index (κ2) is 7.51. The summed E-state index contributed by atoms with van der Waals surface area (Å²) in [4.78, 5) is 28.8. The van der Waals surface area contributed by atoms with Crippen molar-refractivity contribution in [2.45, 2.75) is 6.54 Å². The molecule has 8 heteroatoms. The SMILES string of the molecule is COC(=O)Cn1c(=NC(=O)c2ccccc2Cl)sc2cc(Br)ccc21. The first-order valence-corrected chi connectivity index (χ1v) is 9.17. The van der Waals surface area contributed by atoms with Gasteiger partial charge < -0.3 is 9.30 Å². The Bertz CT molecular complexity index is 1040. The number of ether oxygens (including phenoxy) is 1. The Morgan fingerprint density at radius 1 is 1.28 bits per heavy atom. The van der Waals surface area contributed by atoms with Crippen LogP contribution in [0.5, 0.6) is 0 Å². The Labute approximate surface area is 160 Å². The molecule has 0 N–H and O–H groups in total. The van der Waals surface area contributed by atoms with Crippen LogP contribution >= 0.6 is 38.9 Å². The zero-order valence-corrected chi connectivity index (χ0v) is 16.2.